The largest absolute Gasteiger partial charge is 0.493 e. The molecule has 31 heavy (non-hydrogen) atoms. The molecule has 0 fully saturated rings. The molecular weight excluding hydrogens is 442 g/mol. The van der Waals surface area contributed by atoms with Crippen molar-refractivity contribution in [3.63, 3.8) is 0 Å². The van der Waals surface area contributed by atoms with Gasteiger partial charge in [0.25, 0.3) is 5.91 Å². The third-order valence-corrected chi connectivity index (χ3v) is 5.79. The fourth-order valence-corrected chi connectivity index (χ4v) is 4.13. The Morgan fingerprint density at radius 2 is 1.77 bits per heavy atom. The summed E-state index contributed by atoms with van der Waals surface area (Å²) in [6, 6.07) is 8.91. The van der Waals surface area contributed by atoms with Crippen molar-refractivity contribution in [2.45, 2.75) is 0 Å². The van der Waals surface area contributed by atoms with E-state index in [0.717, 1.165) is 10.2 Å². The first-order valence-electron chi connectivity index (χ1n) is 9.39. The number of fused-ring (bicyclic) bond motifs is 2. The molecule has 0 atom stereocenters. The Bertz CT molecular complexity index is 1050. The summed E-state index contributed by atoms with van der Waals surface area (Å²) in [5, 5.41) is 0.621. The minimum Gasteiger partial charge on any atom is -0.493 e. The van der Waals surface area contributed by atoms with Gasteiger partial charge in [-0.25, -0.2) is 4.98 Å². The molecule has 0 unspecified atom stereocenters. The number of halogens is 1. The van der Waals surface area contributed by atoms with E-state index in [4.69, 9.17) is 23.9 Å². The van der Waals surface area contributed by atoms with E-state index in [-0.39, 0.29) is 25.1 Å². The lowest BCUT2D eigenvalue weighted by molar-refractivity contribution is 0.0985. The van der Waals surface area contributed by atoms with Crippen LogP contribution in [-0.2, 0) is 0 Å². The maximum Gasteiger partial charge on any atom is 0.260 e. The van der Waals surface area contributed by atoms with Gasteiger partial charge in [-0.1, -0.05) is 11.3 Å². The molecule has 0 aliphatic carbocycles. The second kappa shape index (κ2) is 9.59. The van der Waals surface area contributed by atoms with E-state index in [2.05, 4.69) is 0 Å². The molecule has 8 nitrogen and oxygen atoms in total. The number of amides is 1. The monoisotopic (exact) mass is 465 g/mol. The highest BCUT2D eigenvalue weighted by atomic mass is 35.5. The van der Waals surface area contributed by atoms with Gasteiger partial charge >= 0.3 is 0 Å². The van der Waals surface area contributed by atoms with Crippen molar-refractivity contribution in [2.75, 3.05) is 53.1 Å². The Hall–Kier alpha value is -2.75. The van der Waals surface area contributed by atoms with Crippen LogP contribution in [-0.4, -0.2) is 64.0 Å². The molecule has 0 saturated carbocycles. The predicted molar refractivity (Wildman–Crippen MR) is 123 cm³/mol. The fourth-order valence-electron chi connectivity index (χ4n) is 3.13. The van der Waals surface area contributed by atoms with E-state index in [1.807, 2.05) is 31.1 Å². The van der Waals surface area contributed by atoms with Crippen LogP contribution < -0.4 is 23.8 Å². The Morgan fingerprint density at radius 1 is 1.06 bits per heavy atom. The van der Waals surface area contributed by atoms with E-state index in [1.54, 1.807) is 37.3 Å². The number of ether oxygens (including phenoxy) is 4. The van der Waals surface area contributed by atoms with Crippen molar-refractivity contribution < 1.29 is 23.7 Å². The third-order valence-electron chi connectivity index (χ3n) is 4.75. The number of methoxy groups -OCH3 is 2. The molecule has 166 valence electrons. The average molecular weight is 466 g/mol. The molecule has 0 N–H and O–H groups in total. The van der Waals surface area contributed by atoms with Gasteiger partial charge in [0.15, 0.2) is 28.1 Å². The minimum absolute atomic E-state index is 0. The molecule has 1 aliphatic heterocycles. The van der Waals surface area contributed by atoms with Crippen LogP contribution in [0.4, 0.5) is 5.13 Å². The maximum absolute atomic E-state index is 13.4. The molecule has 0 saturated heterocycles. The Labute approximate surface area is 190 Å². The zero-order valence-corrected chi connectivity index (χ0v) is 19.3. The number of anilines is 1. The Balaban J connectivity index is 0.00000272. The summed E-state index contributed by atoms with van der Waals surface area (Å²) in [6.07, 6.45) is 0. The number of carbonyl (C=O) groups is 1. The van der Waals surface area contributed by atoms with Crippen molar-refractivity contribution in [3.05, 3.63) is 35.9 Å². The first-order valence-corrected chi connectivity index (χ1v) is 10.2. The summed E-state index contributed by atoms with van der Waals surface area (Å²) in [4.78, 5) is 21.9. The summed E-state index contributed by atoms with van der Waals surface area (Å²) in [5.74, 6) is 2.29. The summed E-state index contributed by atoms with van der Waals surface area (Å²) >= 11 is 1.45. The molecule has 1 aliphatic rings. The van der Waals surface area contributed by atoms with Crippen LogP contribution in [0.1, 0.15) is 10.4 Å². The van der Waals surface area contributed by atoms with E-state index in [9.17, 15) is 4.79 Å². The van der Waals surface area contributed by atoms with Gasteiger partial charge in [0.2, 0.25) is 6.79 Å². The van der Waals surface area contributed by atoms with Gasteiger partial charge in [-0.15, -0.1) is 12.4 Å². The van der Waals surface area contributed by atoms with Crippen LogP contribution in [0.25, 0.3) is 10.2 Å². The molecule has 10 heteroatoms. The molecular formula is C21H24ClN3O5S. The number of rotatable bonds is 7. The Kier molecular flexibility index (Phi) is 7.09. The number of carbonyl (C=O) groups excluding carboxylic acids is 1. The molecule has 0 radical (unpaired) electrons. The molecule has 1 aromatic heterocycles. The van der Waals surface area contributed by atoms with E-state index < -0.39 is 0 Å². The SMILES string of the molecule is COc1ccc(C(=O)N(CCN(C)C)c2nc3cc4c(cc3s2)OCO4)cc1OC.Cl. The molecule has 2 aromatic carbocycles. The van der Waals surface area contributed by atoms with E-state index >= 15 is 0 Å². The highest BCUT2D eigenvalue weighted by Crippen LogP contribution is 2.40. The molecule has 0 spiro atoms. The van der Waals surface area contributed by atoms with Crippen molar-refractivity contribution in [2.24, 2.45) is 0 Å². The van der Waals surface area contributed by atoms with Crippen LogP contribution >= 0.6 is 23.7 Å². The maximum atomic E-state index is 13.4. The number of nitrogens with zero attached hydrogens (tertiary/aromatic N) is 3. The smallest absolute Gasteiger partial charge is 0.260 e. The van der Waals surface area contributed by atoms with Crippen molar-refractivity contribution >= 4 is 45.0 Å². The molecule has 2 heterocycles. The van der Waals surface area contributed by atoms with Crippen LogP contribution in [0.15, 0.2) is 30.3 Å². The average Bonchev–Trinajstić information content (AvgIpc) is 3.36. The number of thiazole rings is 1. The fraction of sp³-hybridized carbons (Fsp3) is 0.333. The summed E-state index contributed by atoms with van der Waals surface area (Å²) in [5.41, 5.74) is 1.27. The molecule has 0 bridgehead atoms. The van der Waals surface area contributed by atoms with Gasteiger partial charge in [-0.2, -0.15) is 0 Å². The summed E-state index contributed by atoms with van der Waals surface area (Å²) in [7, 11) is 7.05. The molecule has 1 amide bonds. The molecule has 4 rings (SSSR count). The van der Waals surface area contributed by atoms with Gasteiger partial charge in [-0.05, 0) is 32.3 Å². The van der Waals surface area contributed by atoms with Crippen LogP contribution in [0.2, 0.25) is 0 Å². The lowest BCUT2D eigenvalue weighted by Crippen LogP contribution is -2.36. The van der Waals surface area contributed by atoms with Gasteiger partial charge in [0.05, 0.1) is 24.4 Å². The molecule has 3 aromatic rings. The zero-order valence-electron chi connectivity index (χ0n) is 17.7. The van der Waals surface area contributed by atoms with Gasteiger partial charge in [0, 0.05) is 30.8 Å². The van der Waals surface area contributed by atoms with E-state index in [0.29, 0.717) is 46.8 Å². The predicted octanol–water partition coefficient (Wildman–Crippen LogP) is 3.67. The number of hydrogen-bond donors (Lipinski definition) is 0. The summed E-state index contributed by atoms with van der Waals surface area (Å²) < 4.78 is 22.5. The van der Waals surface area contributed by atoms with Crippen molar-refractivity contribution in [1.82, 2.24) is 9.88 Å². The quantitative estimate of drug-likeness (QED) is 0.527. The zero-order chi connectivity index (χ0) is 21.3. The lowest BCUT2D eigenvalue weighted by Gasteiger charge is -2.22. The highest BCUT2D eigenvalue weighted by Gasteiger charge is 2.24. The van der Waals surface area contributed by atoms with Crippen molar-refractivity contribution in [3.8, 4) is 23.0 Å². The van der Waals surface area contributed by atoms with Gasteiger partial charge in [0.1, 0.15) is 0 Å². The number of likely N-dealkylation sites (N-methyl/N-ethyl adjacent to an activating group) is 1. The van der Waals surface area contributed by atoms with Gasteiger partial charge in [-0.3, -0.25) is 9.69 Å². The van der Waals surface area contributed by atoms with Gasteiger partial charge < -0.3 is 23.8 Å². The number of benzene rings is 2. The van der Waals surface area contributed by atoms with Crippen molar-refractivity contribution in [1.29, 1.82) is 0 Å². The highest BCUT2D eigenvalue weighted by molar-refractivity contribution is 7.22. The third kappa shape index (κ3) is 4.63. The summed E-state index contributed by atoms with van der Waals surface area (Å²) in [6.45, 7) is 1.40. The van der Waals surface area contributed by atoms with E-state index in [1.165, 1.54) is 11.3 Å². The minimum atomic E-state index is -0.156. The Morgan fingerprint density at radius 3 is 2.45 bits per heavy atom. The standard InChI is InChI=1S/C21H23N3O5S.ClH/c1-23(2)7-8-24(20(25)13-5-6-15(26-3)16(9-13)27-4)21-22-14-10-17-18(29-12-28-17)11-19(14)30-21;/h5-6,9-11H,7-8,12H2,1-4H3;1H. The van der Waals surface area contributed by atoms with Crippen LogP contribution in [0, 0.1) is 0 Å². The van der Waals surface area contributed by atoms with Crippen LogP contribution in [0.3, 0.4) is 0 Å². The second-order valence-electron chi connectivity index (χ2n) is 7.00. The first kappa shape index (κ1) is 22.9. The topological polar surface area (TPSA) is 73.4 Å². The number of aromatic nitrogens is 1. The second-order valence-corrected chi connectivity index (χ2v) is 8.01. The lowest BCUT2D eigenvalue weighted by atomic mass is 10.1. The number of hydrogen-bond acceptors (Lipinski definition) is 8. The first-order chi connectivity index (χ1) is 14.5. The van der Waals surface area contributed by atoms with Crippen LogP contribution in [0.5, 0.6) is 23.0 Å². The normalized spacial score (nSPS) is 12.0.